The van der Waals surface area contributed by atoms with Gasteiger partial charge in [0, 0.05) is 24.5 Å². The van der Waals surface area contributed by atoms with Crippen LogP contribution >= 0.6 is 11.8 Å². The molecular weight excluding hydrogens is 258 g/mol. The first kappa shape index (κ1) is 14.7. The lowest BCUT2D eigenvalue weighted by molar-refractivity contribution is 0.0975. The molecule has 19 heavy (non-hydrogen) atoms. The summed E-state index contributed by atoms with van der Waals surface area (Å²) in [5.74, 6) is 3.09. The monoisotopic (exact) mass is 281 g/mol. The summed E-state index contributed by atoms with van der Waals surface area (Å²) in [7, 11) is 0. The van der Waals surface area contributed by atoms with Crippen LogP contribution in [0, 0.1) is 0 Å². The highest BCUT2D eigenvalue weighted by Crippen LogP contribution is 2.42. The molecule has 2 N–H and O–H groups in total. The third kappa shape index (κ3) is 3.65. The van der Waals surface area contributed by atoms with E-state index < -0.39 is 0 Å². The predicted octanol–water partition coefficient (Wildman–Crippen LogP) is 2.60. The Bertz CT molecular complexity index is 409. The number of aliphatic hydroxyl groups excluding tert-OH is 1. The molecule has 4 heteroatoms. The van der Waals surface area contributed by atoms with Crippen LogP contribution in [-0.2, 0) is 0 Å². The van der Waals surface area contributed by atoms with Crippen LogP contribution in [0.25, 0.3) is 0 Å². The fourth-order valence-corrected chi connectivity index (χ4v) is 3.23. The molecule has 0 bridgehead atoms. The molecule has 1 unspecified atom stereocenters. The molecule has 0 saturated carbocycles. The lowest BCUT2D eigenvalue weighted by Gasteiger charge is -2.27. The van der Waals surface area contributed by atoms with E-state index >= 15 is 0 Å². The van der Waals surface area contributed by atoms with Crippen molar-refractivity contribution >= 4 is 11.8 Å². The Morgan fingerprint density at radius 1 is 1.32 bits per heavy atom. The van der Waals surface area contributed by atoms with Crippen molar-refractivity contribution in [3.05, 3.63) is 29.8 Å². The third-order valence-corrected chi connectivity index (χ3v) is 4.41. The number of rotatable bonds is 7. The van der Waals surface area contributed by atoms with Gasteiger partial charge in [-0.15, -0.1) is 0 Å². The highest BCUT2D eigenvalue weighted by Gasteiger charge is 2.40. The van der Waals surface area contributed by atoms with Crippen LogP contribution < -0.4 is 10.1 Å². The molecule has 0 amide bonds. The van der Waals surface area contributed by atoms with Gasteiger partial charge in [0.25, 0.3) is 0 Å². The van der Waals surface area contributed by atoms with Gasteiger partial charge in [-0.3, -0.25) is 0 Å². The van der Waals surface area contributed by atoms with Crippen LogP contribution in [0.15, 0.2) is 24.3 Å². The molecule has 1 atom stereocenters. The molecule has 106 valence electrons. The van der Waals surface area contributed by atoms with E-state index in [1.54, 1.807) is 0 Å². The van der Waals surface area contributed by atoms with Crippen LogP contribution in [0.5, 0.6) is 5.75 Å². The van der Waals surface area contributed by atoms with Gasteiger partial charge in [0.05, 0.1) is 6.04 Å². The second-order valence-electron chi connectivity index (χ2n) is 5.32. The molecular formula is C15H23NO2S. The zero-order valence-corrected chi connectivity index (χ0v) is 12.5. The number of hydrogen-bond donors (Lipinski definition) is 2. The maximum absolute atomic E-state index is 8.73. The van der Waals surface area contributed by atoms with Crippen molar-refractivity contribution in [2.75, 3.05) is 24.7 Å². The summed E-state index contributed by atoms with van der Waals surface area (Å²) >= 11 is 1.88. The summed E-state index contributed by atoms with van der Waals surface area (Å²) in [6.07, 6.45) is 0.880. The average molecular weight is 281 g/mol. The fourth-order valence-electron chi connectivity index (χ4n) is 2.43. The van der Waals surface area contributed by atoms with E-state index in [1.807, 2.05) is 23.9 Å². The number of para-hydroxylation sites is 1. The predicted molar refractivity (Wildman–Crippen MR) is 80.9 cm³/mol. The Kier molecular flexibility index (Phi) is 5.13. The van der Waals surface area contributed by atoms with Crippen molar-refractivity contribution in [2.24, 2.45) is 0 Å². The normalized spacial score (nSPS) is 20.1. The Hall–Kier alpha value is -0.710. The van der Waals surface area contributed by atoms with Crippen LogP contribution in [0.1, 0.15) is 31.9 Å². The minimum atomic E-state index is -0.195. The zero-order chi connectivity index (χ0) is 13.7. The number of hydrogen-bond acceptors (Lipinski definition) is 4. The van der Waals surface area contributed by atoms with Gasteiger partial charge in [-0.25, -0.2) is 0 Å². The first-order valence-corrected chi connectivity index (χ1v) is 8.00. The molecule has 1 heterocycles. The molecule has 1 aromatic rings. The number of ether oxygens (including phenoxy) is 1. The maximum Gasteiger partial charge on any atom is 0.125 e. The van der Waals surface area contributed by atoms with Crippen molar-refractivity contribution in [3.8, 4) is 5.75 Å². The molecule has 0 aromatic heterocycles. The lowest BCUT2D eigenvalue weighted by atomic mass is 9.94. The zero-order valence-electron chi connectivity index (χ0n) is 11.7. The Labute approximate surface area is 119 Å². The largest absolute Gasteiger partial charge is 0.486 e. The Balaban J connectivity index is 1.85. The van der Waals surface area contributed by atoms with Gasteiger partial charge in [-0.2, -0.15) is 11.8 Å². The minimum Gasteiger partial charge on any atom is -0.486 e. The highest BCUT2D eigenvalue weighted by molar-refractivity contribution is 7.99. The summed E-state index contributed by atoms with van der Waals surface area (Å²) in [6.45, 7) is 5.51. The standard InChI is InChI=1S/C15H23NO2S/c1-15(2)14(16-8-11-19-10-5-9-17)12-6-3-4-7-13(12)18-15/h3-4,6-7,14,16-17H,5,8-11H2,1-2H3. The SMILES string of the molecule is CC1(C)Oc2ccccc2C1NCCSCCCO. The molecule has 3 nitrogen and oxygen atoms in total. The second kappa shape index (κ2) is 6.64. The molecule has 1 aliphatic rings. The number of thioether (sulfide) groups is 1. The maximum atomic E-state index is 8.73. The highest BCUT2D eigenvalue weighted by atomic mass is 32.2. The number of nitrogens with one attached hydrogen (secondary N) is 1. The molecule has 1 aliphatic heterocycles. The quantitative estimate of drug-likeness (QED) is 0.754. The Morgan fingerprint density at radius 2 is 2.11 bits per heavy atom. The molecule has 0 fully saturated rings. The minimum absolute atomic E-state index is 0.195. The molecule has 2 rings (SSSR count). The van der Waals surface area contributed by atoms with Gasteiger partial charge in [0.2, 0.25) is 0 Å². The van der Waals surface area contributed by atoms with Crippen LogP contribution in [0.2, 0.25) is 0 Å². The first-order chi connectivity index (χ1) is 9.15. The van der Waals surface area contributed by atoms with E-state index in [0.29, 0.717) is 0 Å². The van der Waals surface area contributed by atoms with Crippen LogP contribution in [0.3, 0.4) is 0 Å². The van der Waals surface area contributed by atoms with Gasteiger partial charge < -0.3 is 15.2 Å². The van der Waals surface area contributed by atoms with E-state index in [-0.39, 0.29) is 18.2 Å². The average Bonchev–Trinajstić information content (AvgIpc) is 2.64. The summed E-state index contributed by atoms with van der Waals surface area (Å²) in [4.78, 5) is 0. The molecule has 1 aromatic carbocycles. The number of aliphatic hydroxyl groups is 1. The van der Waals surface area contributed by atoms with E-state index in [9.17, 15) is 0 Å². The van der Waals surface area contributed by atoms with E-state index in [1.165, 1.54) is 5.56 Å². The summed E-state index contributed by atoms with van der Waals surface area (Å²) in [6, 6.07) is 8.51. The topological polar surface area (TPSA) is 41.5 Å². The number of fused-ring (bicyclic) bond motifs is 1. The molecule has 0 saturated heterocycles. The van der Waals surface area contributed by atoms with Gasteiger partial charge >= 0.3 is 0 Å². The summed E-state index contributed by atoms with van der Waals surface area (Å²) in [5.41, 5.74) is 1.06. The van der Waals surface area contributed by atoms with E-state index in [4.69, 9.17) is 9.84 Å². The third-order valence-electron chi connectivity index (χ3n) is 3.34. The van der Waals surface area contributed by atoms with Crippen molar-refractivity contribution < 1.29 is 9.84 Å². The first-order valence-electron chi connectivity index (χ1n) is 6.85. The Morgan fingerprint density at radius 3 is 2.89 bits per heavy atom. The smallest absolute Gasteiger partial charge is 0.125 e. The molecule has 0 aliphatic carbocycles. The lowest BCUT2D eigenvalue weighted by Crippen LogP contribution is -2.40. The van der Waals surface area contributed by atoms with Gasteiger partial charge in [0.15, 0.2) is 0 Å². The van der Waals surface area contributed by atoms with E-state index in [2.05, 4.69) is 31.3 Å². The molecule has 0 spiro atoms. The van der Waals surface area contributed by atoms with Crippen molar-refractivity contribution in [1.29, 1.82) is 0 Å². The van der Waals surface area contributed by atoms with Crippen molar-refractivity contribution in [3.63, 3.8) is 0 Å². The second-order valence-corrected chi connectivity index (χ2v) is 6.54. The molecule has 0 radical (unpaired) electrons. The van der Waals surface area contributed by atoms with Gasteiger partial charge in [0.1, 0.15) is 11.4 Å². The van der Waals surface area contributed by atoms with Gasteiger partial charge in [-0.1, -0.05) is 18.2 Å². The van der Waals surface area contributed by atoms with Crippen LogP contribution in [-0.4, -0.2) is 35.4 Å². The summed E-state index contributed by atoms with van der Waals surface area (Å²) in [5, 5.41) is 12.3. The summed E-state index contributed by atoms with van der Waals surface area (Å²) < 4.78 is 6.00. The van der Waals surface area contributed by atoms with Crippen LogP contribution in [0.4, 0.5) is 0 Å². The van der Waals surface area contributed by atoms with Crippen molar-refractivity contribution in [2.45, 2.75) is 31.9 Å². The van der Waals surface area contributed by atoms with Crippen molar-refractivity contribution in [1.82, 2.24) is 5.32 Å². The fraction of sp³-hybridized carbons (Fsp3) is 0.600. The van der Waals surface area contributed by atoms with E-state index in [0.717, 1.165) is 30.2 Å². The number of benzene rings is 1. The van der Waals surface area contributed by atoms with Gasteiger partial charge in [-0.05, 0) is 32.1 Å².